The standard InChI is InChI=1S/C14H12N4O3S/c19-11(18-21)7-15-13(20)9-6-16-14-12(17-9)8-4-2-1-3-5-10(8)22-14/h1-3,5-6,21H,4,7H2,(H,15,20)(H,18,19). The highest BCUT2D eigenvalue weighted by Gasteiger charge is 2.16. The summed E-state index contributed by atoms with van der Waals surface area (Å²) in [6, 6.07) is 0. The molecule has 2 amide bonds. The molecule has 2 aromatic heterocycles. The minimum atomic E-state index is -0.706. The molecule has 0 saturated carbocycles. The van der Waals surface area contributed by atoms with Gasteiger partial charge in [-0.05, 0) is 12.5 Å². The Kier molecular flexibility index (Phi) is 3.94. The zero-order chi connectivity index (χ0) is 15.5. The van der Waals surface area contributed by atoms with Gasteiger partial charge >= 0.3 is 0 Å². The molecule has 0 saturated heterocycles. The Labute approximate surface area is 129 Å². The lowest BCUT2D eigenvalue weighted by molar-refractivity contribution is -0.128. The number of nitrogens with one attached hydrogen (secondary N) is 2. The molecule has 3 rings (SSSR count). The van der Waals surface area contributed by atoms with Crippen LogP contribution in [0, 0.1) is 0 Å². The van der Waals surface area contributed by atoms with Crippen LogP contribution in [0.3, 0.4) is 0 Å². The third-order valence-electron chi connectivity index (χ3n) is 3.11. The Morgan fingerprint density at radius 2 is 2.23 bits per heavy atom. The van der Waals surface area contributed by atoms with Crippen molar-refractivity contribution in [3.05, 3.63) is 40.6 Å². The van der Waals surface area contributed by atoms with Gasteiger partial charge in [0.25, 0.3) is 11.8 Å². The van der Waals surface area contributed by atoms with Gasteiger partial charge in [-0.25, -0.2) is 15.4 Å². The van der Waals surface area contributed by atoms with E-state index in [4.69, 9.17) is 5.21 Å². The second-order valence-corrected chi connectivity index (χ2v) is 5.59. The molecule has 0 fully saturated rings. The van der Waals surface area contributed by atoms with Crippen LogP contribution >= 0.6 is 11.3 Å². The first-order chi connectivity index (χ1) is 10.7. The monoisotopic (exact) mass is 316 g/mol. The van der Waals surface area contributed by atoms with E-state index in [0.29, 0.717) is 5.52 Å². The Hall–Kier alpha value is -2.58. The van der Waals surface area contributed by atoms with E-state index in [-0.39, 0.29) is 12.2 Å². The van der Waals surface area contributed by atoms with Gasteiger partial charge in [0.1, 0.15) is 16.0 Å². The van der Waals surface area contributed by atoms with Crippen molar-refractivity contribution in [1.29, 1.82) is 0 Å². The molecule has 112 valence electrons. The summed E-state index contributed by atoms with van der Waals surface area (Å²) in [5.74, 6) is -1.22. The van der Waals surface area contributed by atoms with Crippen LogP contribution in [0.25, 0.3) is 16.4 Å². The number of allylic oxidation sites excluding steroid dienone is 3. The number of hydrogen-bond acceptors (Lipinski definition) is 6. The largest absolute Gasteiger partial charge is 0.341 e. The quantitative estimate of drug-likeness (QED) is 0.580. The molecule has 0 spiro atoms. The second kappa shape index (κ2) is 6.04. The van der Waals surface area contributed by atoms with Crippen LogP contribution in [0.15, 0.2) is 24.4 Å². The predicted molar refractivity (Wildman–Crippen MR) is 81.6 cm³/mol. The minimum Gasteiger partial charge on any atom is -0.341 e. The molecular formula is C14H12N4O3S. The maximum absolute atomic E-state index is 12.0. The topological polar surface area (TPSA) is 104 Å². The van der Waals surface area contributed by atoms with Gasteiger partial charge in [0.2, 0.25) is 0 Å². The van der Waals surface area contributed by atoms with Crippen molar-refractivity contribution in [3.63, 3.8) is 0 Å². The van der Waals surface area contributed by atoms with Crippen molar-refractivity contribution in [2.24, 2.45) is 0 Å². The summed E-state index contributed by atoms with van der Waals surface area (Å²) in [4.78, 5) is 33.4. The van der Waals surface area contributed by atoms with E-state index >= 15 is 0 Å². The molecule has 0 bridgehead atoms. The number of nitrogens with zero attached hydrogens (tertiary/aromatic N) is 2. The molecule has 0 unspecified atom stereocenters. The van der Waals surface area contributed by atoms with Crippen LogP contribution in [0.1, 0.15) is 20.9 Å². The fourth-order valence-corrected chi connectivity index (χ4v) is 3.10. The fourth-order valence-electron chi connectivity index (χ4n) is 2.07. The van der Waals surface area contributed by atoms with Gasteiger partial charge < -0.3 is 5.32 Å². The molecule has 8 heteroatoms. The highest BCUT2D eigenvalue weighted by molar-refractivity contribution is 7.19. The van der Waals surface area contributed by atoms with Crippen LogP contribution in [0.5, 0.6) is 0 Å². The first-order valence-electron chi connectivity index (χ1n) is 6.52. The number of rotatable bonds is 3. The van der Waals surface area contributed by atoms with Gasteiger partial charge in [-0.2, -0.15) is 0 Å². The number of amides is 2. The Balaban J connectivity index is 1.91. The van der Waals surface area contributed by atoms with Gasteiger partial charge in [-0.3, -0.25) is 14.8 Å². The Morgan fingerprint density at radius 3 is 3.05 bits per heavy atom. The molecule has 3 N–H and O–H groups in total. The molecule has 1 aliphatic rings. The van der Waals surface area contributed by atoms with Crippen molar-refractivity contribution < 1.29 is 14.8 Å². The van der Waals surface area contributed by atoms with Crippen molar-refractivity contribution in [2.75, 3.05) is 6.54 Å². The van der Waals surface area contributed by atoms with Gasteiger partial charge in [0.15, 0.2) is 0 Å². The number of carbonyl (C=O) groups is 2. The smallest absolute Gasteiger partial charge is 0.271 e. The molecule has 1 aliphatic carbocycles. The first kappa shape index (κ1) is 14.4. The van der Waals surface area contributed by atoms with E-state index in [1.807, 2.05) is 24.3 Å². The van der Waals surface area contributed by atoms with Gasteiger partial charge in [0.05, 0.1) is 12.7 Å². The van der Waals surface area contributed by atoms with Crippen molar-refractivity contribution in [2.45, 2.75) is 6.42 Å². The number of fused-ring (bicyclic) bond motifs is 3. The first-order valence-corrected chi connectivity index (χ1v) is 7.33. The number of thiophene rings is 1. The summed E-state index contributed by atoms with van der Waals surface area (Å²) in [5, 5.41) is 10.8. The van der Waals surface area contributed by atoms with Crippen LogP contribution in [-0.4, -0.2) is 33.5 Å². The zero-order valence-corrected chi connectivity index (χ0v) is 12.2. The van der Waals surface area contributed by atoms with Gasteiger partial charge in [-0.15, -0.1) is 11.3 Å². The fraction of sp³-hybridized carbons (Fsp3) is 0.143. The molecule has 0 aromatic carbocycles. The molecule has 7 nitrogen and oxygen atoms in total. The molecule has 0 atom stereocenters. The maximum Gasteiger partial charge on any atom is 0.271 e. The normalized spacial score (nSPS) is 12.8. The summed E-state index contributed by atoms with van der Waals surface area (Å²) >= 11 is 1.53. The van der Waals surface area contributed by atoms with E-state index in [1.165, 1.54) is 23.0 Å². The Morgan fingerprint density at radius 1 is 1.36 bits per heavy atom. The number of carbonyl (C=O) groups excluding carboxylic acids is 2. The van der Waals surface area contributed by atoms with E-state index < -0.39 is 11.8 Å². The summed E-state index contributed by atoms with van der Waals surface area (Å²) < 4.78 is 0. The number of hydrogen-bond donors (Lipinski definition) is 3. The Bertz CT molecular complexity index is 810. The average molecular weight is 316 g/mol. The van der Waals surface area contributed by atoms with E-state index in [0.717, 1.165) is 21.7 Å². The third kappa shape index (κ3) is 2.74. The molecule has 0 aliphatic heterocycles. The van der Waals surface area contributed by atoms with Gasteiger partial charge in [-0.1, -0.05) is 18.2 Å². The lowest BCUT2D eigenvalue weighted by Crippen LogP contribution is -2.35. The average Bonchev–Trinajstić information content (AvgIpc) is 2.72. The highest BCUT2D eigenvalue weighted by Crippen LogP contribution is 2.31. The maximum atomic E-state index is 12.0. The second-order valence-electron chi connectivity index (χ2n) is 4.56. The van der Waals surface area contributed by atoms with Gasteiger partial charge in [0, 0.05) is 10.4 Å². The van der Waals surface area contributed by atoms with Crippen LogP contribution in [0.4, 0.5) is 0 Å². The summed E-state index contributed by atoms with van der Waals surface area (Å²) in [7, 11) is 0. The molecule has 0 radical (unpaired) electrons. The molecular weight excluding hydrogens is 304 g/mol. The zero-order valence-electron chi connectivity index (χ0n) is 11.4. The van der Waals surface area contributed by atoms with Crippen LogP contribution < -0.4 is 10.8 Å². The van der Waals surface area contributed by atoms with Crippen molar-refractivity contribution in [3.8, 4) is 0 Å². The van der Waals surface area contributed by atoms with Crippen molar-refractivity contribution in [1.82, 2.24) is 20.8 Å². The highest BCUT2D eigenvalue weighted by atomic mass is 32.1. The van der Waals surface area contributed by atoms with E-state index in [9.17, 15) is 9.59 Å². The third-order valence-corrected chi connectivity index (χ3v) is 4.21. The van der Waals surface area contributed by atoms with Crippen LogP contribution in [-0.2, 0) is 11.2 Å². The van der Waals surface area contributed by atoms with Crippen LogP contribution in [0.2, 0.25) is 0 Å². The van der Waals surface area contributed by atoms with E-state index in [2.05, 4.69) is 15.3 Å². The molecule has 2 aromatic rings. The lowest BCUT2D eigenvalue weighted by Gasteiger charge is -2.03. The molecule has 22 heavy (non-hydrogen) atoms. The van der Waals surface area contributed by atoms with Crippen molar-refractivity contribution >= 4 is 39.6 Å². The molecule has 2 heterocycles. The number of hydroxylamine groups is 1. The lowest BCUT2D eigenvalue weighted by atomic mass is 10.1. The minimum absolute atomic E-state index is 0.135. The number of aromatic nitrogens is 2. The predicted octanol–water partition coefficient (Wildman–Crippen LogP) is 1.05. The summed E-state index contributed by atoms with van der Waals surface area (Å²) in [5.41, 5.74) is 3.32. The summed E-state index contributed by atoms with van der Waals surface area (Å²) in [6.45, 7) is -0.331. The van der Waals surface area contributed by atoms with E-state index in [1.54, 1.807) is 0 Å². The SMILES string of the molecule is O=C(CNC(=O)c1cnc2sc3c(c2n1)CC=CC=C3)NO. The summed E-state index contributed by atoms with van der Waals surface area (Å²) in [6.07, 6.45) is 10.1.